The molecule has 1 aliphatic carbocycles. The predicted molar refractivity (Wildman–Crippen MR) is 74.8 cm³/mol. The molecule has 2 aliphatic rings. The molecule has 1 saturated carbocycles. The van der Waals surface area contributed by atoms with Gasteiger partial charge in [0.2, 0.25) is 0 Å². The molecule has 98 valence electrons. The number of nitrogens with zero attached hydrogens (tertiary/aromatic N) is 2. The minimum Gasteiger partial charge on any atom is -0.299 e. The van der Waals surface area contributed by atoms with Gasteiger partial charge in [0.1, 0.15) is 5.15 Å². The molecule has 0 saturated heterocycles. The average Bonchev–Trinajstić information content (AvgIpc) is 2.89. The fourth-order valence-corrected chi connectivity index (χ4v) is 3.47. The van der Waals surface area contributed by atoms with Crippen molar-refractivity contribution in [3.05, 3.63) is 28.5 Å². The number of fused-ring (bicyclic) bond motifs is 1. The summed E-state index contributed by atoms with van der Waals surface area (Å²) in [5.74, 6) is 0.995. The first-order chi connectivity index (χ1) is 8.81. The molecule has 3 rings (SSSR count). The first kappa shape index (κ1) is 12.4. The first-order valence-electron chi connectivity index (χ1n) is 7.18. The van der Waals surface area contributed by atoms with Gasteiger partial charge in [-0.25, -0.2) is 4.98 Å². The molecule has 0 spiro atoms. The van der Waals surface area contributed by atoms with Gasteiger partial charge in [0.25, 0.3) is 0 Å². The van der Waals surface area contributed by atoms with Gasteiger partial charge in [-0.2, -0.15) is 0 Å². The van der Waals surface area contributed by atoms with Crippen molar-refractivity contribution < 1.29 is 0 Å². The van der Waals surface area contributed by atoms with Crippen LogP contribution < -0.4 is 0 Å². The Labute approximate surface area is 114 Å². The molecule has 2 nitrogen and oxygen atoms in total. The topological polar surface area (TPSA) is 16.1 Å². The molecule has 0 amide bonds. The second-order valence-corrected chi connectivity index (χ2v) is 6.09. The molecule has 0 radical (unpaired) electrons. The van der Waals surface area contributed by atoms with Crippen molar-refractivity contribution in [2.75, 3.05) is 13.1 Å². The Balaban J connectivity index is 1.55. The van der Waals surface area contributed by atoms with Gasteiger partial charge in [-0.3, -0.25) is 4.90 Å². The molecule has 0 atom stereocenters. The Kier molecular flexibility index (Phi) is 3.86. The second-order valence-electron chi connectivity index (χ2n) is 5.71. The van der Waals surface area contributed by atoms with E-state index in [1.165, 1.54) is 49.9 Å². The van der Waals surface area contributed by atoms with Gasteiger partial charge < -0.3 is 0 Å². The zero-order valence-corrected chi connectivity index (χ0v) is 11.6. The molecule has 0 unspecified atom stereocenters. The molecule has 1 fully saturated rings. The highest BCUT2D eigenvalue weighted by Gasteiger charge is 2.20. The van der Waals surface area contributed by atoms with E-state index in [4.69, 9.17) is 11.6 Å². The van der Waals surface area contributed by atoms with Crippen molar-refractivity contribution >= 4 is 11.6 Å². The van der Waals surface area contributed by atoms with E-state index in [-0.39, 0.29) is 0 Å². The molecular weight excluding hydrogens is 244 g/mol. The van der Waals surface area contributed by atoms with E-state index < -0.39 is 0 Å². The number of pyridine rings is 1. The highest BCUT2D eigenvalue weighted by atomic mass is 35.5. The van der Waals surface area contributed by atoms with Crippen molar-refractivity contribution in [2.24, 2.45) is 5.92 Å². The summed E-state index contributed by atoms with van der Waals surface area (Å²) in [7, 11) is 0. The maximum Gasteiger partial charge on any atom is 0.129 e. The Hall–Kier alpha value is -0.600. The van der Waals surface area contributed by atoms with Gasteiger partial charge in [0.05, 0.1) is 0 Å². The van der Waals surface area contributed by atoms with E-state index in [2.05, 4.69) is 16.0 Å². The summed E-state index contributed by atoms with van der Waals surface area (Å²) in [5.41, 5.74) is 2.58. The van der Waals surface area contributed by atoms with Crippen LogP contribution in [0.2, 0.25) is 5.15 Å². The first-order valence-corrected chi connectivity index (χ1v) is 7.56. The van der Waals surface area contributed by atoms with Crippen molar-refractivity contribution in [3.63, 3.8) is 0 Å². The SMILES string of the molecule is Clc1ccc2c(n1)CCN(CCC1CCCC1)C2. The molecule has 1 aliphatic heterocycles. The number of aromatic nitrogens is 1. The fraction of sp³-hybridized carbons (Fsp3) is 0.667. The lowest BCUT2D eigenvalue weighted by atomic mass is 10.0. The van der Waals surface area contributed by atoms with Crippen molar-refractivity contribution in [1.82, 2.24) is 9.88 Å². The minimum absolute atomic E-state index is 0.633. The van der Waals surface area contributed by atoms with Gasteiger partial charge in [-0.05, 0) is 30.5 Å². The molecule has 18 heavy (non-hydrogen) atoms. The third-order valence-corrected chi connectivity index (χ3v) is 4.63. The lowest BCUT2D eigenvalue weighted by molar-refractivity contribution is 0.232. The van der Waals surface area contributed by atoms with Gasteiger partial charge in [0.15, 0.2) is 0 Å². The summed E-state index contributed by atoms with van der Waals surface area (Å²) in [5, 5.41) is 0.633. The monoisotopic (exact) mass is 264 g/mol. The lowest BCUT2D eigenvalue weighted by Crippen LogP contribution is -2.32. The molecule has 0 N–H and O–H groups in total. The van der Waals surface area contributed by atoms with E-state index in [0.29, 0.717) is 5.15 Å². The zero-order valence-electron chi connectivity index (χ0n) is 10.9. The third-order valence-electron chi connectivity index (χ3n) is 4.42. The molecule has 2 heterocycles. The van der Waals surface area contributed by atoms with Crippen LogP contribution >= 0.6 is 11.6 Å². The van der Waals surface area contributed by atoms with Crippen LogP contribution in [0.5, 0.6) is 0 Å². The van der Waals surface area contributed by atoms with E-state index in [9.17, 15) is 0 Å². The van der Waals surface area contributed by atoms with Crippen LogP contribution in [0.3, 0.4) is 0 Å². The zero-order chi connectivity index (χ0) is 12.4. The third kappa shape index (κ3) is 2.86. The Morgan fingerprint density at radius 2 is 2.11 bits per heavy atom. The second kappa shape index (κ2) is 5.58. The minimum atomic E-state index is 0.633. The molecule has 3 heteroatoms. The van der Waals surface area contributed by atoms with E-state index in [0.717, 1.165) is 25.4 Å². The van der Waals surface area contributed by atoms with Crippen LogP contribution in [0, 0.1) is 5.92 Å². The van der Waals surface area contributed by atoms with Gasteiger partial charge in [-0.15, -0.1) is 0 Å². The molecular formula is C15H21ClN2. The molecule has 0 bridgehead atoms. The maximum absolute atomic E-state index is 5.94. The van der Waals surface area contributed by atoms with Gasteiger partial charge in [0, 0.05) is 25.2 Å². The average molecular weight is 265 g/mol. The van der Waals surface area contributed by atoms with Crippen LogP contribution in [0.1, 0.15) is 43.4 Å². The van der Waals surface area contributed by atoms with Crippen molar-refractivity contribution in [2.45, 2.75) is 45.1 Å². The molecule has 1 aromatic heterocycles. The van der Waals surface area contributed by atoms with Gasteiger partial charge >= 0.3 is 0 Å². The highest BCUT2D eigenvalue weighted by Crippen LogP contribution is 2.28. The quantitative estimate of drug-likeness (QED) is 0.775. The Morgan fingerprint density at radius 3 is 2.94 bits per heavy atom. The van der Waals surface area contributed by atoms with Crippen LogP contribution in [-0.2, 0) is 13.0 Å². The standard InChI is InChI=1S/C15H21ClN2/c16-15-6-5-13-11-18(10-8-14(13)17-15)9-7-12-3-1-2-4-12/h5-6,12H,1-4,7-11H2. The number of halogens is 1. The maximum atomic E-state index is 5.94. The van der Waals surface area contributed by atoms with E-state index >= 15 is 0 Å². The molecule has 1 aromatic rings. The summed E-state index contributed by atoms with van der Waals surface area (Å²) in [6.45, 7) is 3.46. The van der Waals surface area contributed by atoms with Crippen LogP contribution in [0.25, 0.3) is 0 Å². The largest absolute Gasteiger partial charge is 0.299 e. The Bertz CT molecular complexity index is 413. The summed E-state index contributed by atoms with van der Waals surface area (Å²) in [6, 6.07) is 4.06. The smallest absolute Gasteiger partial charge is 0.129 e. The van der Waals surface area contributed by atoms with Crippen molar-refractivity contribution in [1.29, 1.82) is 0 Å². The highest BCUT2D eigenvalue weighted by molar-refractivity contribution is 6.29. The summed E-state index contributed by atoms with van der Waals surface area (Å²) >= 11 is 5.94. The summed E-state index contributed by atoms with van der Waals surface area (Å²) in [4.78, 5) is 7.00. The van der Waals surface area contributed by atoms with Gasteiger partial charge in [-0.1, -0.05) is 43.4 Å². The van der Waals surface area contributed by atoms with E-state index in [1.807, 2.05) is 6.07 Å². The number of hydrogen-bond acceptors (Lipinski definition) is 2. The number of rotatable bonds is 3. The Morgan fingerprint density at radius 1 is 1.28 bits per heavy atom. The summed E-state index contributed by atoms with van der Waals surface area (Å²) < 4.78 is 0. The van der Waals surface area contributed by atoms with Crippen molar-refractivity contribution in [3.8, 4) is 0 Å². The van der Waals surface area contributed by atoms with Crippen LogP contribution in [0.4, 0.5) is 0 Å². The molecule has 0 aromatic carbocycles. The van der Waals surface area contributed by atoms with Crippen LogP contribution in [-0.4, -0.2) is 23.0 Å². The number of hydrogen-bond donors (Lipinski definition) is 0. The lowest BCUT2D eigenvalue weighted by Gasteiger charge is -2.29. The fourth-order valence-electron chi connectivity index (χ4n) is 3.30. The van der Waals surface area contributed by atoms with Crippen LogP contribution in [0.15, 0.2) is 12.1 Å². The summed E-state index contributed by atoms with van der Waals surface area (Å²) in [6.07, 6.45) is 8.27. The van der Waals surface area contributed by atoms with E-state index in [1.54, 1.807) is 0 Å². The predicted octanol–water partition coefficient (Wildman–Crippen LogP) is 3.67. The normalized spacial score (nSPS) is 21.2.